The van der Waals surface area contributed by atoms with Crippen molar-refractivity contribution in [3.63, 3.8) is 0 Å². The second-order valence-electron chi connectivity index (χ2n) is 12.9. The molecule has 0 N–H and O–H groups in total. The van der Waals surface area contributed by atoms with Gasteiger partial charge >= 0.3 is 0 Å². The highest BCUT2D eigenvalue weighted by Gasteiger charge is 2.29. The van der Waals surface area contributed by atoms with Crippen molar-refractivity contribution < 1.29 is 0 Å². The number of allylic oxidation sites excluding steroid dienone is 4. The summed E-state index contributed by atoms with van der Waals surface area (Å²) in [5.74, 6) is 2.70. The molecule has 3 heterocycles. The highest BCUT2D eigenvalue weighted by molar-refractivity contribution is 5.91. The van der Waals surface area contributed by atoms with E-state index in [9.17, 15) is 0 Å². The Labute approximate surface area is 294 Å². The summed E-state index contributed by atoms with van der Waals surface area (Å²) in [5, 5.41) is 0. The second-order valence-corrected chi connectivity index (χ2v) is 12.9. The average molecular weight is 657 g/mol. The zero-order valence-corrected chi connectivity index (χ0v) is 27.7. The van der Waals surface area contributed by atoms with Crippen LogP contribution >= 0.6 is 0 Å². The molecule has 0 amide bonds. The van der Waals surface area contributed by atoms with E-state index >= 15 is 0 Å². The van der Waals surface area contributed by atoms with Crippen molar-refractivity contribution >= 4 is 44.2 Å². The van der Waals surface area contributed by atoms with E-state index in [0.29, 0.717) is 6.42 Å². The SMILES string of the molecule is C1=C(c2nc3ccccc3n2-c2ccccc2)C=C(c2nc3ccccc3n2-c2ccccc2)CC1c1nc2ccccc2n1-c1ccccc1. The van der Waals surface area contributed by atoms with Crippen LogP contribution in [0.3, 0.4) is 0 Å². The van der Waals surface area contributed by atoms with Crippen LogP contribution in [-0.4, -0.2) is 28.7 Å². The Bertz CT molecular complexity index is 2770. The first kappa shape index (κ1) is 29.2. The van der Waals surface area contributed by atoms with Crippen molar-refractivity contribution in [2.24, 2.45) is 0 Å². The number of benzene rings is 6. The zero-order valence-electron chi connectivity index (χ0n) is 27.7. The van der Waals surface area contributed by atoms with Crippen LogP contribution in [-0.2, 0) is 0 Å². The number of hydrogen-bond acceptors (Lipinski definition) is 3. The molecule has 9 aromatic rings. The van der Waals surface area contributed by atoms with E-state index in [1.807, 2.05) is 0 Å². The lowest BCUT2D eigenvalue weighted by molar-refractivity contribution is 0.762. The van der Waals surface area contributed by atoms with Gasteiger partial charge in [0, 0.05) is 28.6 Å². The Hall–Kier alpha value is -6.79. The van der Waals surface area contributed by atoms with Gasteiger partial charge in [-0.1, -0.05) is 97.1 Å². The molecule has 6 heteroatoms. The molecule has 242 valence electrons. The van der Waals surface area contributed by atoms with Crippen molar-refractivity contribution in [1.82, 2.24) is 28.7 Å². The molecule has 0 aliphatic heterocycles. The van der Waals surface area contributed by atoms with Gasteiger partial charge < -0.3 is 0 Å². The third kappa shape index (κ3) is 4.91. The minimum atomic E-state index is -0.0827. The van der Waals surface area contributed by atoms with Gasteiger partial charge in [0.15, 0.2) is 0 Å². The summed E-state index contributed by atoms with van der Waals surface area (Å²) < 4.78 is 6.89. The highest BCUT2D eigenvalue weighted by Crippen LogP contribution is 2.42. The van der Waals surface area contributed by atoms with Crippen LogP contribution in [0.25, 0.3) is 61.3 Å². The number of para-hydroxylation sites is 9. The molecule has 6 nitrogen and oxygen atoms in total. The molecule has 6 aromatic carbocycles. The number of imidazole rings is 3. The Morgan fingerprint density at radius 2 is 0.824 bits per heavy atom. The predicted molar refractivity (Wildman–Crippen MR) is 207 cm³/mol. The maximum absolute atomic E-state index is 5.35. The summed E-state index contributed by atoms with van der Waals surface area (Å²) in [6.07, 6.45) is 5.37. The Morgan fingerprint density at radius 3 is 1.37 bits per heavy atom. The van der Waals surface area contributed by atoms with Crippen LogP contribution in [0, 0.1) is 0 Å². The van der Waals surface area contributed by atoms with Gasteiger partial charge in [-0.25, -0.2) is 15.0 Å². The largest absolute Gasteiger partial charge is 0.296 e. The van der Waals surface area contributed by atoms with Crippen molar-refractivity contribution in [2.45, 2.75) is 12.3 Å². The van der Waals surface area contributed by atoms with Crippen LogP contribution in [0.4, 0.5) is 0 Å². The molecule has 0 saturated carbocycles. The smallest absolute Gasteiger partial charge is 0.145 e. The van der Waals surface area contributed by atoms with Gasteiger partial charge in [-0.15, -0.1) is 0 Å². The molecule has 3 aromatic heterocycles. The van der Waals surface area contributed by atoms with Crippen LogP contribution in [0.1, 0.15) is 29.8 Å². The monoisotopic (exact) mass is 656 g/mol. The lowest BCUT2D eigenvalue weighted by Crippen LogP contribution is -2.13. The van der Waals surface area contributed by atoms with Crippen LogP contribution in [0.2, 0.25) is 0 Å². The lowest BCUT2D eigenvalue weighted by Gasteiger charge is -2.24. The van der Waals surface area contributed by atoms with Gasteiger partial charge in [0.1, 0.15) is 17.5 Å². The van der Waals surface area contributed by atoms with E-state index in [1.54, 1.807) is 0 Å². The van der Waals surface area contributed by atoms with Crippen LogP contribution < -0.4 is 0 Å². The number of hydrogen-bond donors (Lipinski definition) is 0. The standard InChI is InChI=1S/C45H32N6/c1-4-16-34(17-5-1)49-40-25-13-10-22-37(40)46-43(49)31-28-32(44-47-38-23-11-14-26-41(38)50(44)35-18-6-2-7-19-35)30-33(29-31)45-48-39-24-12-15-27-42(39)51(45)36-20-8-3-9-21-36/h1-29,32H,30H2. The van der Waals surface area contributed by atoms with Crippen molar-refractivity contribution in [3.8, 4) is 17.1 Å². The van der Waals surface area contributed by atoms with Crippen molar-refractivity contribution in [2.75, 3.05) is 0 Å². The van der Waals surface area contributed by atoms with E-state index in [1.165, 1.54) is 0 Å². The number of aromatic nitrogens is 6. The Morgan fingerprint density at radius 1 is 0.412 bits per heavy atom. The quantitative estimate of drug-likeness (QED) is 0.179. The Kier molecular flexibility index (Phi) is 6.84. The molecule has 1 aliphatic rings. The first-order valence-electron chi connectivity index (χ1n) is 17.3. The number of rotatable bonds is 6. The van der Waals surface area contributed by atoms with E-state index in [-0.39, 0.29) is 5.92 Å². The molecule has 0 bridgehead atoms. The van der Waals surface area contributed by atoms with Gasteiger partial charge in [0.25, 0.3) is 0 Å². The summed E-state index contributed by atoms with van der Waals surface area (Å²) in [7, 11) is 0. The molecule has 0 saturated heterocycles. The zero-order chi connectivity index (χ0) is 33.7. The fourth-order valence-electron chi connectivity index (χ4n) is 7.55. The third-order valence-electron chi connectivity index (χ3n) is 9.78. The fourth-order valence-corrected chi connectivity index (χ4v) is 7.55. The lowest BCUT2D eigenvalue weighted by atomic mass is 9.88. The molecule has 1 unspecified atom stereocenters. The van der Waals surface area contributed by atoms with Crippen LogP contribution in [0.5, 0.6) is 0 Å². The average Bonchev–Trinajstić information content (AvgIpc) is 3.91. The summed E-state index contributed by atoms with van der Waals surface area (Å²) in [5.41, 5.74) is 11.4. The van der Waals surface area contributed by atoms with Gasteiger partial charge in [-0.3, -0.25) is 13.7 Å². The minimum absolute atomic E-state index is 0.0827. The molecule has 51 heavy (non-hydrogen) atoms. The maximum Gasteiger partial charge on any atom is 0.145 e. The molecule has 10 rings (SSSR count). The normalized spacial score (nSPS) is 14.6. The molecule has 0 radical (unpaired) electrons. The van der Waals surface area contributed by atoms with Gasteiger partial charge in [0.05, 0.1) is 33.1 Å². The third-order valence-corrected chi connectivity index (χ3v) is 9.78. The molecular weight excluding hydrogens is 625 g/mol. The molecule has 1 aliphatic carbocycles. The van der Waals surface area contributed by atoms with Gasteiger partial charge in [-0.05, 0) is 90.9 Å². The van der Waals surface area contributed by atoms with Gasteiger partial charge in [-0.2, -0.15) is 0 Å². The summed E-state index contributed by atoms with van der Waals surface area (Å²) in [6, 6.07) is 56.8. The fraction of sp³-hybridized carbons (Fsp3) is 0.0444. The molecule has 1 atom stereocenters. The predicted octanol–water partition coefficient (Wildman–Crippen LogP) is 10.4. The summed E-state index contributed by atoms with van der Waals surface area (Å²) >= 11 is 0. The summed E-state index contributed by atoms with van der Waals surface area (Å²) in [6.45, 7) is 0. The van der Waals surface area contributed by atoms with E-state index in [0.717, 1.165) is 78.8 Å². The molecule has 0 fully saturated rings. The van der Waals surface area contributed by atoms with Gasteiger partial charge in [0.2, 0.25) is 0 Å². The Balaban J connectivity index is 1.25. The second kappa shape index (κ2) is 12.0. The van der Waals surface area contributed by atoms with E-state index < -0.39 is 0 Å². The molecule has 0 spiro atoms. The van der Waals surface area contributed by atoms with E-state index in [2.05, 4.69) is 190 Å². The van der Waals surface area contributed by atoms with Crippen LogP contribution in [0.15, 0.2) is 176 Å². The number of fused-ring (bicyclic) bond motifs is 3. The first-order valence-corrected chi connectivity index (χ1v) is 17.3. The minimum Gasteiger partial charge on any atom is -0.296 e. The number of nitrogens with zero attached hydrogens (tertiary/aromatic N) is 6. The summed E-state index contributed by atoms with van der Waals surface area (Å²) in [4.78, 5) is 16.0. The van der Waals surface area contributed by atoms with E-state index in [4.69, 9.17) is 15.0 Å². The maximum atomic E-state index is 5.35. The van der Waals surface area contributed by atoms with Crippen molar-refractivity contribution in [3.05, 3.63) is 193 Å². The first-order chi connectivity index (χ1) is 25.3. The van der Waals surface area contributed by atoms with Crippen molar-refractivity contribution in [1.29, 1.82) is 0 Å². The highest BCUT2D eigenvalue weighted by atomic mass is 15.1. The molecular formula is C45H32N6. The topological polar surface area (TPSA) is 53.5 Å².